The molecule has 49 heavy (non-hydrogen) atoms. The number of methoxy groups -OCH3 is 1. The fourth-order valence-corrected chi connectivity index (χ4v) is 6.13. The summed E-state index contributed by atoms with van der Waals surface area (Å²) in [7, 11) is 2.82. The number of nitrogens with two attached hydrogens (primary N) is 1. The molecule has 2 saturated heterocycles. The summed E-state index contributed by atoms with van der Waals surface area (Å²) in [6, 6.07) is -0.745. The number of carboxylic acids is 1. The van der Waals surface area contributed by atoms with E-state index < -0.39 is 85.3 Å². The zero-order valence-corrected chi connectivity index (χ0v) is 27.7. The van der Waals surface area contributed by atoms with Crippen molar-refractivity contribution < 1.29 is 63.9 Å². The van der Waals surface area contributed by atoms with Gasteiger partial charge in [0.2, 0.25) is 6.29 Å². The highest BCUT2D eigenvalue weighted by Gasteiger charge is 2.49. The molecule has 11 atom stereocenters. The number of nitrogens with zero attached hydrogens (tertiary/aromatic N) is 2. The molecule has 3 aliphatic rings. The number of carbonyl (C=O) groups is 2. The molecule has 0 radical (unpaired) electrons. The second-order valence-electron chi connectivity index (χ2n) is 11.9. The van der Waals surface area contributed by atoms with E-state index in [9.17, 15) is 35.1 Å². The van der Waals surface area contributed by atoms with Gasteiger partial charge in [-0.15, -0.1) is 6.58 Å². The van der Waals surface area contributed by atoms with Crippen molar-refractivity contribution >= 4 is 17.9 Å². The first-order valence-corrected chi connectivity index (χ1v) is 16.1. The number of aliphatic hydroxyl groups excluding tert-OH is 5. The third-order valence-corrected chi connectivity index (χ3v) is 8.65. The van der Waals surface area contributed by atoms with Crippen molar-refractivity contribution in [2.24, 2.45) is 34.4 Å². The summed E-state index contributed by atoms with van der Waals surface area (Å²) in [5.74, 6) is -4.85. The summed E-state index contributed by atoms with van der Waals surface area (Å²) in [6.07, 6.45) is -1.40. The molecule has 18 nitrogen and oxygen atoms in total. The van der Waals surface area contributed by atoms with E-state index in [4.69, 9.17) is 34.5 Å². The molecule has 3 rings (SSSR count). The zero-order valence-electron chi connectivity index (χ0n) is 27.7. The molecule has 0 aromatic heterocycles. The summed E-state index contributed by atoms with van der Waals surface area (Å²) < 4.78 is 28.4. The summed E-state index contributed by atoms with van der Waals surface area (Å²) in [5, 5.41) is 65.6. The van der Waals surface area contributed by atoms with Crippen LogP contribution in [0.5, 0.6) is 0 Å². The van der Waals surface area contributed by atoms with Gasteiger partial charge in [-0.25, -0.2) is 4.79 Å². The third-order valence-electron chi connectivity index (χ3n) is 8.65. The number of esters is 1. The van der Waals surface area contributed by atoms with Crippen LogP contribution in [0.25, 0.3) is 0 Å². The van der Waals surface area contributed by atoms with Crippen molar-refractivity contribution in [1.29, 1.82) is 0 Å². The van der Waals surface area contributed by atoms with E-state index in [0.717, 1.165) is 0 Å². The lowest BCUT2D eigenvalue weighted by molar-refractivity contribution is -0.345. The maximum absolute atomic E-state index is 12.9. The van der Waals surface area contributed by atoms with Crippen LogP contribution >= 0.6 is 0 Å². The van der Waals surface area contributed by atoms with Crippen molar-refractivity contribution in [3.05, 3.63) is 36.6 Å². The molecule has 0 aliphatic carbocycles. The molecule has 2 fully saturated rings. The van der Waals surface area contributed by atoms with Gasteiger partial charge >= 0.3 is 11.9 Å². The second kappa shape index (κ2) is 19.9. The lowest BCUT2D eigenvalue weighted by atomic mass is 9.79. The number of nitrogens with one attached hydrogen (secondary N) is 2. The van der Waals surface area contributed by atoms with Crippen LogP contribution in [0.15, 0.2) is 41.6 Å². The number of piperidine rings is 1. The molecule has 0 bridgehead atoms. The smallest absolute Gasteiger partial charge is 0.337 e. The second-order valence-corrected chi connectivity index (χ2v) is 11.9. The van der Waals surface area contributed by atoms with Gasteiger partial charge in [0.05, 0.1) is 56.8 Å². The van der Waals surface area contributed by atoms with E-state index in [1.165, 1.54) is 19.4 Å². The van der Waals surface area contributed by atoms with Crippen molar-refractivity contribution in [2.45, 2.75) is 49.5 Å². The molecular formula is C31H51N5O13. The van der Waals surface area contributed by atoms with Gasteiger partial charge in [-0.05, 0) is 13.5 Å². The zero-order chi connectivity index (χ0) is 36.1. The number of carboxylic acid groups (broad SMARTS) is 1. The lowest BCUT2D eigenvalue weighted by Crippen LogP contribution is -2.61. The minimum absolute atomic E-state index is 0.00775. The van der Waals surface area contributed by atoms with E-state index >= 15 is 0 Å². The SMILES string of the molecule is C=CC1C(OC2OC(CO)C(O)C(O)C2OCNC)OC=C(C(=O)OC)C1C=CC1CN(CCO)CC(C(=O)O)C1NC(N)=NCCCO. The highest BCUT2D eigenvalue weighted by molar-refractivity contribution is 5.89. The molecule has 0 aromatic carbocycles. The van der Waals surface area contributed by atoms with E-state index in [2.05, 4.69) is 22.2 Å². The lowest BCUT2D eigenvalue weighted by Gasteiger charge is -2.44. The molecule has 3 heterocycles. The number of allylic oxidation sites excluding steroid dienone is 1. The Hall–Kier alpha value is -3.17. The van der Waals surface area contributed by atoms with E-state index in [0.29, 0.717) is 13.0 Å². The number of ether oxygens (including phenoxy) is 5. The van der Waals surface area contributed by atoms with Crippen LogP contribution < -0.4 is 16.4 Å². The predicted molar refractivity (Wildman–Crippen MR) is 172 cm³/mol. The van der Waals surface area contributed by atoms with Gasteiger partial charge in [-0.2, -0.15) is 0 Å². The standard InChI is InChI=1S/C31H51N5O13/c1-4-18-19(7-6-17-12-36(9-11-38)13-20(27(42)43)23(17)35-31(32)34-8-5-10-37)21(28(44)45-3)15-46-29(18)49-30-26(47-16-33-2)25(41)24(40)22(14-39)48-30/h4,6-7,15,17-20,22-26,29-30,33,37-41H,1,5,8-14,16H2,2-3H3,(H,42,43)(H3,32,34,35). The molecule has 11 unspecified atom stereocenters. The Morgan fingerprint density at radius 2 is 1.92 bits per heavy atom. The monoisotopic (exact) mass is 701 g/mol. The van der Waals surface area contributed by atoms with Crippen LogP contribution in [-0.4, -0.2) is 163 Å². The number of hydrogen-bond acceptors (Lipinski definition) is 15. The Balaban J connectivity index is 1.98. The number of aliphatic imine (C=N–C) groups is 1. The van der Waals surface area contributed by atoms with E-state index in [1.807, 2.05) is 4.90 Å². The van der Waals surface area contributed by atoms with Gasteiger partial charge in [-0.1, -0.05) is 18.2 Å². The normalized spacial score (nSPS) is 34.2. The third kappa shape index (κ3) is 10.4. The molecule has 0 saturated carbocycles. The summed E-state index contributed by atoms with van der Waals surface area (Å²) in [6.45, 7) is 3.90. The van der Waals surface area contributed by atoms with Gasteiger partial charge in [0, 0.05) is 44.6 Å². The molecule has 10 N–H and O–H groups in total. The first-order chi connectivity index (χ1) is 23.5. The average Bonchev–Trinajstić information content (AvgIpc) is 3.09. The Bertz CT molecular complexity index is 1170. The summed E-state index contributed by atoms with van der Waals surface area (Å²) in [4.78, 5) is 31.4. The summed E-state index contributed by atoms with van der Waals surface area (Å²) >= 11 is 0. The van der Waals surface area contributed by atoms with Crippen molar-refractivity contribution in [1.82, 2.24) is 15.5 Å². The summed E-state index contributed by atoms with van der Waals surface area (Å²) in [5.41, 5.74) is 6.21. The van der Waals surface area contributed by atoms with Crippen LogP contribution in [0.1, 0.15) is 6.42 Å². The molecular weight excluding hydrogens is 650 g/mol. The van der Waals surface area contributed by atoms with Crippen LogP contribution in [0.4, 0.5) is 0 Å². The topological polar surface area (TPSA) is 267 Å². The van der Waals surface area contributed by atoms with Crippen molar-refractivity contribution in [2.75, 3.05) is 66.9 Å². The van der Waals surface area contributed by atoms with Crippen LogP contribution in [0, 0.1) is 23.7 Å². The predicted octanol–water partition coefficient (Wildman–Crippen LogP) is -3.33. The Morgan fingerprint density at radius 3 is 2.53 bits per heavy atom. The quantitative estimate of drug-likeness (QED) is 0.0179. The number of aliphatic carboxylic acids is 1. The number of likely N-dealkylation sites (tertiary alicyclic amines) is 1. The number of aliphatic hydroxyl groups is 5. The highest BCUT2D eigenvalue weighted by atomic mass is 16.8. The first kappa shape index (κ1) is 40.3. The Morgan fingerprint density at radius 1 is 1.16 bits per heavy atom. The average molecular weight is 702 g/mol. The minimum Gasteiger partial charge on any atom is -0.481 e. The van der Waals surface area contributed by atoms with Crippen molar-refractivity contribution in [3.63, 3.8) is 0 Å². The number of carbonyl (C=O) groups excluding carboxylic acids is 1. The van der Waals surface area contributed by atoms with Gasteiger partial charge in [0.15, 0.2) is 12.2 Å². The number of rotatable bonds is 17. The fourth-order valence-electron chi connectivity index (χ4n) is 6.13. The van der Waals surface area contributed by atoms with E-state index in [1.54, 1.807) is 19.2 Å². The van der Waals surface area contributed by atoms with Crippen LogP contribution in [0.3, 0.4) is 0 Å². The van der Waals surface area contributed by atoms with E-state index in [-0.39, 0.29) is 51.1 Å². The van der Waals surface area contributed by atoms with Crippen LogP contribution in [0.2, 0.25) is 0 Å². The van der Waals surface area contributed by atoms with Gasteiger partial charge in [0.1, 0.15) is 24.4 Å². The molecule has 3 aliphatic heterocycles. The molecule has 0 aromatic rings. The maximum atomic E-state index is 12.9. The molecule has 278 valence electrons. The highest BCUT2D eigenvalue weighted by Crippen LogP contribution is 2.37. The minimum atomic E-state index is -1.49. The maximum Gasteiger partial charge on any atom is 0.337 e. The molecule has 18 heteroatoms. The Labute approximate surface area is 284 Å². The van der Waals surface area contributed by atoms with Gasteiger partial charge in [0.25, 0.3) is 0 Å². The van der Waals surface area contributed by atoms with Gasteiger partial charge in [-0.3, -0.25) is 20.0 Å². The largest absolute Gasteiger partial charge is 0.481 e. The molecule has 0 amide bonds. The Kier molecular flexibility index (Phi) is 16.3. The van der Waals surface area contributed by atoms with Gasteiger partial charge < -0.3 is 65.4 Å². The van der Waals surface area contributed by atoms with Crippen molar-refractivity contribution in [3.8, 4) is 0 Å². The number of hydrogen-bond donors (Lipinski definition) is 9. The molecule has 0 spiro atoms. The first-order valence-electron chi connectivity index (χ1n) is 16.1. The number of β-amino-alcohol motifs (C(OH)–C–C–N with tert-alkyl or cyclic N) is 1. The van der Waals surface area contributed by atoms with Crippen LogP contribution in [-0.2, 0) is 33.3 Å². The fraction of sp³-hybridized carbons (Fsp3) is 0.710. The number of guanidine groups is 1.